The summed E-state index contributed by atoms with van der Waals surface area (Å²) in [6.07, 6.45) is 1.65. The lowest BCUT2D eigenvalue weighted by Gasteiger charge is -2.18. The molecule has 0 saturated carbocycles. The highest BCUT2D eigenvalue weighted by Crippen LogP contribution is 2.19. The maximum absolute atomic E-state index is 12.1. The number of rotatable bonds is 5. The van der Waals surface area contributed by atoms with Crippen molar-refractivity contribution in [2.45, 2.75) is 38.3 Å². The molecule has 2 aromatic carbocycles. The van der Waals surface area contributed by atoms with Crippen LogP contribution in [0.25, 0.3) is 0 Å². The molecule has 0 aliphatic carbocycles. The van der Waals surface area contributed by atoms with Crippen molar-refractivity contribution in [2.24, 2.45) is 0 Å². The number of urea groups is 1. The lowest BCUT2D eigenvalue weighted by molar-refractivity contribution is 0.237. The highest BCUT2D eigenvalue weighted by atomic mass is 32.2. The third-order valence-corrected chi connectivity index (χ3v) is 5.11. The summed E-state index contributed by atoms with van der Waals surface area (Å²) in [5, 5.41) is 5.82. The van der Waals surface area contributed by atoms with Crippen molar-refractivity contribution in [2.75, 3.05) is 6.26 Å². The van der Waals surface area contributed by atoms with Crippen molar-refractivity contribution in [1.82, 2.24) is 10.6 Å². The average Bonchev–Trinajstić information content (AvgIpc) is 2.55. The second-order valence-electron chi connectivity index (χ2n) is 5.94. The number of nitrogens with one attached hydrogen (secondary N) is 2. The van der Waals surface area contributed by atoms with Gasteiger partial charge in [-0.1, -0.05) is 30.3 Å². The molecule has 0 aromatic heterocycles. The van der Waals surface area contributed by atoms with E-state index < -0.39 is 10.8 Å². The summed E-state index contributed by atoms with van der Waals surface area (Å²) in [6, 6.07) is 13.3. The van der Waals surface area contributed by atoms with E-state index in [2.05, 4.69) is 30.5 Å². The second kappa shape index (κ2) is 8.11. The fourth-order valence-electron chi connectivity index (χ4n) is 2.55. The normalized spacial score (nSPS) is 13.2. The van der Waals surface area contributed by atoms with Gasteiger partial charge >= 0.3 is 6.03 Å². The van der Waals surface area contributed by atoms with Crippen molar-refractivity contribution < 1.29 is 9.00 Å². The van der Waals surface area contributed by atoms with Gasteiger partial charge < -0.3 is 10.6 Å². The third kappa shape index (κ3) is 4.68. The Bertz CT molecular complexity index is 742. The van der Waals surface area contributed by atoms with Crippen LogP contribution in [0.3, 0.4) is 0 Å². The summed E-state index contributed by atoms with van der Waals surface area (Å²) in [5.74, 6) is 0. The summed E-state index contributed by atoms with van der Waals surface area (Å²) in [4.78, 5) is 12.9. The summed E-state index contributed by atoms with van der Waals surface area (Å²) in [7, 11) is -0.983. The number of carbonyl (C=O) groups is 1. The Morgan fingerprint density at radius 3 is 2.42 bits per heavy atom. The molecular weight excluding hydrogens is 320 g/mol. The van der Waals surface area contributed by atoms with Gasteiger partial charge in [0.2, 0.25) is 0 Å². The molecule has 128 valence electrons. The maximum Gasteiger partial charge on any atom is 0.315 e. The van der Waals surface area contributed by atoms with Gasteiger partial charge in [0.05, 0.1) is 6.04 Å². The van der Waals surface area contributed by atoms with Crippen LogP contribution in [-0.4, -0.2) is 16.5 Å². The van der Waals surface area contributed by atoms with Crippen LogP contribution in [0, 0.1) is 13.8 Å². The van der Waals surface area contributed by atoms with Gasteiger partial charge in [-0.3, -0.25) is 4.21 Å². The molecule has 4 nitrogen and oxygen atoms in total. The van der Waals surface area contributed by atoms with Crippen molar-refractivity contribution in [1.29, 1.82) is 0 Å². The van der Waals surface area contributed by atoms with Gasteiger partial charge in [-0.15, -0.1) is 0 Å². The Kier molecular flexibility index (Phi) is 6.15. The largest absolute Gasteiger partial charge is 0.334 e. The number of aryl methyl sites for hydroxylation is 1. The number of benzene rings is 2. The average molecular weight is 344 g/mol. The number of carbonyl (C=O) groups excluding carboxylic acids is 1. The van der Waals surface area contributed by atoms with Crippen LogP contribution in [0.2, 0.25) is 0 Å². The molecule has 0 bridgehead atoms. The first-order valence-electron chi connectivity index (χ1n) is 7.91. The van der Waals surface area contributed by atoms with Crippen LogP contribution in [-0.2, 0) is 17.3 Å². The van der Waals surface area contributed by atoms with E-state index in [1.165, 1.54) is 11.1 Å². The van der Waals surface area contributed by atoms with Gasteiger partial charge in [0, 0.05) is 28.5 Å². The molecule has 2 aromatic rings. The zero-order valence-electron chi connectivity index (χ0n) is 14.6. The van der Waals surface area contributed by atoms with Gasteiger partial charge in [0.25, 0.3) is 0 Å². The Morgan fingerprint density at radius 1 is 1.12 bits per heavy atom. The van der Waals surface area contributed by atoms with Crippen LogP contribution in [0.15, 0.2) is 47.4 Å². The van der Waals surface area contributed by atoms with Crippen molar-refractivity contribution in [3.05, 3.63) is 64.7 Å². The van der Waals surface area contributed by atoms with E-state index in [9.17, 15) is 9.00 Å². The third-order valence-electron chi connectivity index (χ3n) is 4.17. The first-order chi connectivity index (χ1) is 11.4. The quantitative estimate of drug-likeness (QED) is 0.871. The SMILES string of the molecule is Cc1cccc([C@H](C)NC(=O)NCc2ccc([S@](C)=O)cc2)c1C. The predicted molar refractivity (Wildman–Crippen MR) is 98.5 cm³/mol. The lowest BCUT2D eigenvalue weighted by atomic mass is 9.98. The molecule has 2 N–H and O–H groups in total. The molecule has 5 heteroatoms. The summed E-state index contributed by atoms with van der Waals surface area (Å²) in [6.45, 7) is 6.55. The van der Waals surface area contributed by atoms with Gasteiger partial charge in [0.1, 0.15) is 0 Å². The number of amides is 2. The Labute approximate surface area is 146 Å². The molecule has 0 spiro atoms. The Morgan fingerprint density at radius 2 is 1.79 bits per heavy atom. The first kappa shape index (κ1) is 18.2. The van der Waals surface area contributed by atoms with Gasteiger partial charge in [-0.25, -0.2) is 4.79 Å². The van der Waals surface area contributed by atoms with Gasteiger partial charge in [-0.2, -0.15) is 0 Å². The number of hydrogen-bond acceptors (Lipinski definition) is 2. The smallest absolute Gasteiger partial charge is 0.315 e. The first-order valence-corrected chi connectivity index (χ1v) is 9.47. The lowest BCUT2D eigenvalue weighted by Crippen LogP contribution is -2.36. The second-order valence-corrected chi connectivity index (χ2v) is 7.32. The van der Waals surface area contributed by atoms with E-state index in [-0.39, 0.29) is 12.1 Å². The molecular formula is C19H24N2O2S. The molecule has 0 unspecified atom stereocenters. The molecule has 0 aliphatic heterocycles. The zero-order chi connectivity index (χ0) is 17.7. The highest BCUT2D eigenvalue weighted by molar-refractivity contribution is 7.84. The van der Waals surface area contributed by atoms with Crippen LogP contribution in [0.1, 0.15) is 35.2 Å². The van der Waals surface area contributed by atoms with Crippen LogP contribution < -0.4 is 10.6 Å². The van der Waals surface area contributed by atoms with Gasteiger partial charge in [0.15, 0.2) is 0 Å². The van der Waals surface area contributed by atoms with E-state index in [0.717, 1.165) is 16.0 Å². The number of hydrogen-bond donors (Lipinski definition) is 2. The Hall–Kier alpha value is -2.14. The van der Waals surface area contributed by atoms with Crippen LogP contribution in [0.4, 0.5) is 4.79 Å². The van der Waals surface area contributed by atoms with Crippen LogP contribution >= 0.6 is 0 Å². The monoisotopic (exact) mass is 344 g/mol. The molecule has 0 aliphatic rings. The van der Waals surface area contributed by atoms with Crippen molar-refractivity contribution >= 4 is 16.8 Å². The Balaban J connectivity index is 1.91. The molecule has 2 amide bonds. The minimum absolute atomic E-state index is 0.0604. The van der Waals surface area contributed by atoms with E-state index in [1.807, 2.05) is 43.3 Å². The van der Waals surface area contributed by atoms with E-state index >= 15 is 0 Å². The van der Waals surface area contributed by atoms with Crippen molar-refractivity contribution in [3.8, 4) is 0 Å². The zero-order valence-corrected chi connectivity index (χ0v) is 15.4. The molecule has 0 radical (unpaired) electrons. The minimum Gasteiger partial charge on any atom is -0.334 e. The molecule has 0 saturated heterocycles. The minimum atomic E-state index is -0.983. The fraction of sp³-hybridized carbons (Fsp3) is 0.316. The van der Waals surface area contributed by atoms with E-state index in [0.29, 0.717) is 6.54 Å². The van der Waals surface area contributed by atoms with Crippen LogP contribution in [0.5, 0.6) is 0 Å². The predicted octanol–water partition coefficient (Wildman–Crippen LogP) is 3.60. The van der Waals surface area contributed by atoms with Crippen molar-refractivity contribution in [3.63, 3.8) is 0 Å². The highest BCUT2D eigenvalue weighted by Gasteiger charge is 2.12. The molecule has 24 heavy (non-hydrogen) atoms. The van der Waals surface area contributed by atoms with E-state index in [1.54, 1.807) is 6.26 Å². The maximum atomic E-state index is 12.1. The molecule has 0 heterocycles. The summed E-state index contributed by atoms with van der Waals surface area (Å²) >= 11 is 0. The van der Waals surface area contributed by atoms with E-state index in [4.69, 9.17) is 0 Å². The standard InChI is InChI=1S/C19H24N2O2S/c1-13-6-5-7-18(14(13)2)15(3)21-19(22)20-12-16-8-10-17(11-9-16)24(4)23/h5-11,15H,12H2,1-4H3,(H2,20,21,22)/t15-,24-/m0/s1. The summed E-state index contributed by atoms with van der Waals surface area (Å²) < 4.78 is 11.4. The topological polar surface area (TPSA) is 58.2 Å². The molecule has 2 atom stereocenters. The molecule has 0 fully saturated rings. The molecule has 2 rings (SSSR count). The fourth-order valence-corrected chi connectivity index (χ4v) is 3.07. The summed E-state index contributed by atoms with van der Waals surface area (Å²) in [5.41, 5.74) is 4.52. The van der Waals surface area contributed by atoms with Gasteiger partial charge in [-0.05, 0) is 55.2 Å².